The van der Waals surface area contributed by atoms with E-state index < -0.39 is 11.5 Å². The van der Waals surface area contributed by atoms with Crippen LogP contribution in [0.4, 0.5) is 0 Å². The SMILES string of the molecule is COc1ccc(C(=O)NC(C)(C)CCC(=O)O)cc1OC1CCCC1. The lowest BCUT2D eigenvalue weighted by molar-refractivity contribution is -0.137. The van der Waals surface area contributed by atoms with Crippen LogP contribution < -0.4 is 14.8 Å². The zero-order valence-electron chi connectivity index (χ0n) is 15.1. The molecule has 0 heterocycles. The molecule has 1 aliphatic carbocycles. The Bertz CT molecular complexity index is 620. The molecule has 6 heteroatoms. The summed E-state index contributed by atoms with van der Waals surface area (Å²) in [6.45, 7) is 3.63. The molecule has 0 radical (unpaired) electrons. The molecule has 0 saturated heterocycles. The van der Waals surface area contributed by atoms with Gasteiger partial charge in [-0.3, -0.25) is 9.59 Å². The van der Waals surface area contributed by atoms with Crippen molar-refractivity contribution < 1.29 is 24.2 Å². The van der Waals surface area contributed by atoms with Crippen LogP contribution in [-0.2, 0) is 4.79 Å². The van der Waals surface area contributed by atoms with Crippen molar-refractivity contribution in [2.75, 3.05) is 7.11 Å². The highest BCUT2D eigenvalue weighted by molar-refractivity contribution is 5.95. The molecule has 1 aliphatic rings. The van der Waals surface area contributed by atoms with Gasteiger partial charge in [0.2, 0.25) is 0 Å². The van der Waals surface area contributed by atoms with E-state index in [1.165, 1.54) is 0 Å². The van der Waals surface area contributed by atoms with Gasteiger partial charge in [-0.2, -0.15) is 0 Å². The van der Waals surface area contributed by atoms with Gasteiger partial charge in [-0.15, -0.1) is 0 Å². The fraction of sp³-hybridized carbons (Fsp3) is 0.579. The molecule has 0 bridgehead atoms. The Morgan fingerprint density at radius 3 is 2.52 bits per heavy atom. The van der Waals surface area contributed by atoms with E-state index in [4.69, 9.17) is 14.6 Å². The summed E-state index contributed by atoms with van der Waals surface area (Å²) in [7, 11) is 1.57. The fourth-order valence-corrected chi connectivity index (χ4v) is 2.96. The fourth-order valence-electron chi connectivity index (χ4n) is 2.96. The zero-order valence-corrected chi connectivity index (χ0v) is 15.1. The molecule has 1 aromatic carbocycles. The summed E-state index contributed by atoms with van der Waals surface area (Å²) in [5, 5.41) is 11.7. The molecule has 1 aromatic rings. The lowest BCUT2D eigenvalue weighted by Gasteiger charge is -2.26. The standard InChI is InChI=1S/C19H27NO5/c1-19(2,11-10-17(21)22)20-18(23)13-8-9-15(24-3)16(12-13)25-14-6-4-5-7-14/h8-9,12,14H,4-7,10-11H2,1-3H3,(H,20,23)(H,21,22). The summed E-state index contributed by atoms with van der Waals surface area (Å²) in [6.07, 6.45) is 4.88. The first-order valence-electron chi connectivity index (χ1n) is 8.70. The molecular weight excluding hydrogens is 322 g/mol. The minimum Gasteiger partial charge on any atom is -0.493 e. The van der Waals surface area contributed by atoms with Crippen molar-refractivity contribution >= 4 is 11.9 Å². The van der Waals surface area contributed by atoms with Crippen molar-refractivity contribution in [2.24, 2.45) is 0 Å². The zero-order chi connectivity index (χ0) is 18.4. The predicted octanol–water partition coefficient (Wildman–Crippen LogP) is 3.39. The Labute approximate surface area is 148 Å². The molecule has 6 nitrogen and oxygen atoms in total. The maximum absolute atomic E-state index is 12.5. The van der Waals surface area contributed by atoms with Crippen LogP contribution in [0.5, 0.6) is 11.5 Å². The van der Waals surface area contributed by atoms with Crippen molar-refractivity contribution in [2.45, 2.75) is 64.0 Å². The molecule has 2 N–H and O–H groups in total. The monoisotopic (exact) mass is 349 g/mol. The normalized spacial score (nSPS) is 15.0. The first-order chi connectivity index (χ1) is 11.8. The number of hydrogen-bond acceptors (Lipinski definition) is 4. The lowest BCUT2D eigenvalue weighted by atomic mass is 9.97. The number of ether oxygens (including phenoxy) is 2. The minimum atomic E-state index is -0.876. The molecular formula is C19H27NO5. The molecule has 2 rings (SSSR count). The lowest BCUT2D eigenvalue weighted by Crippen LogP contribution is -2.43. The second kappa shape index (κ2) is 8.23. The van der Waals surface area contributed by atoms with Crippen molar-refractivity contribution in [3.8, 4) is 11.5 Å². The molecule has 25 heavy (non-hydrogen) atoms. The second-order valence-electron chi connectivity index (χ2n) is 7.12. The summed E-state index contributed by atoms with van der Waals surface area (Å²) in [6, 6.07) is 5.10. The smallest absolute Gasteiger partial charge is 0.303 e. The van der Waals surface area contributed by atoms with E-state index in [-0.39, 0.29) is 18.4 Å². The summed E-state index contributed by atoms with van der Waals surface area (Å²) >= 11 is 0. The van der Waals surface area contributed by atoms with Gasteiger partial charge in [-0.1, -0.05) is 0 Å². The van der Waals surface area contributed by atoms with Gasteiger partial charge >= 0.3 is 5.97 Å². The van der Waals surface area contributed by atoms with Crippen LogP contribution in [0.25, 0.3) is 0 Å². The van der Waals surface area contributed by atoms with Crippen LogP contribution in [-0.4, -0.2) is 35.7 Å². The predicted molar refractivity (Wildman–Crippen MR) is 94.3 cm³/mol. The third-order valence-corrected chi connectivity index (χ3v) is 4.44. The highest BCUT2D eigenvalue weighted by Crippen LogP contribution is 2.32. The van der Waals surface area contributed by atoms with Crippen LogP contribution in [0.15, 0.2) is 18.2 Å². The van der Waals surface area contributed by atoms with E-state index in [1.54, 1.807) is 25.3 Å². The Balaban J connectivity index is 2.09. The summed E-state index contributed by atoms with van der Waals surface area (Å²) in [5.74, 6) is 0.0484. The Morgan fingerprint density at radius 2 is 1.92 bits per heavy atom. The Kier molecular flexibility index (Phi) is 6.28. The second-order valence-corrected chi connectivity index (χ2v) is 7.12. The van der Waals surface area contributed by atoms with Gasteiger partial charge in [0.25, 0.3) is 5.91 Å². The van der Waals surface area contributed by atoms with Crippen LogP contribution in [0.1, 0.15) is 62.7 Å². The first kappa shape index (κ1) is 19.1. The number of aliphatic carboxylic acids is 1. The summed E-state index contributed by atoms with van der Waals surface area (Å²) in [4.78, 5) is 23.3. The Hall–Kier alpha value is -2.24. The van der Waals surface area contributed by atoms with Crippen LogP contribution in [0.2, 0.25) is 0 Å². The highest BCUT2D eigenvalue weighted by atomic mass is 16.5. The van der Waals surface area contributed by atoms with E-state index >= 15 is 0 Å². The van der Waals surface area contributed by atoms with Gasteiger partial charge in [0, 0.05) is 17.5 Å². The maximum atomic E-state index is 12.5. The number of carbonyl (C=O) groups is 2. The van der Waals surface area contributed by atoms with Gasteiger partial charge < -0.3 is 19.9 Å². The van der Waals surface area contributed by atoms with Crippen LogP contribution >= 0.6 is 0 Å². The van der Waals surface area contributed by atoms with Gasteiger partial charge in [-0.25, -0.2) is 0 Å². The molecule has 138 valence electrons. The van der Waals surface area contributed by atoms with Crippen molar-refractivity contribution in [3.63, 3.8) is 0 Å². The van der Waals surface area contributed by atoms with Crippen LogP contribution in [0, 0.1) is 0 Å². The highest BCUT2D eigenvalue weighted by Gasteiger charge is 2.24. The largest absolute Gasteiger partial charge is 0.493 e. The van der Waals surface area contributed by atoms with E-state index in [2.05, 4.69) is 5.32 Å². The van der Waals surface area contributed by atoms with Gasteiger partial charge in [-0.05, 0) is 64.2 Å². The van der Waals surface area contributed by atoms with Gasteiger partial charge in [0.15, 0.2) is 11.5 Å². The van der Waals surface area contributed by atoms with E-state index in [0.29, 0.717) is 23.5 Å². The summed E-state index contributed by atoms with van der Waals surface area (Å²) < 4.78 is 11.3. The molecule has 0 unspecified atom stereocenters. The number of benzene rings is 1. The summed E-state index contributed by atoms with van der Waals surface area (Å²) in [5.41, 5.74) is -0.140. The average Bonchev–Trinajstić information content (AvgIpc) is 3.05. The quantitative estimate of drug-likeness (QED) is 0.751. The van der Waals surface area contributed by atoms with E-state index in [1.807, 2.05) is 13.8 Å². The van der Waals surface area contributed by atoms with Crippen LogP contribution in [0.3, 0.4) is 0 Å². The number of carboxylic acids is 1. The number of amides is 1. The average molecular weight is 349 g/mol. The third-order valence-electron chi connectivity index (χ3n) is 4.44. The minimum absolute atomic E-state index is 0.00589. The van der Waals surface area contributed by atoms with Crippen molar-refractivity contribution in [1.29, 1.82) is 0 Å². The van der Waals surface area contributed by atoms with E-state index in [0.717, 1.165) is 25.7 Å². The molecule has 1 fully saturated rings. The molecule has 1 amide bonds. The molecule has 0 atom stereocenters. The van der Waals surface area contributed by atoms with E-state index in [9.17, 15) is 9.59 Å². The maximum Gasteiger partial charge on any atom is 0.303 e. The number of nitrogens with one attached hydrogen (secondary N) is 1. The molecule has 0 spiro atoms. The molecule has 0 aliphatic heterocycles. The molecule has 1 saturated carbocycles. The number of hydrogen-bond donors (Lipinski definition) is 2. The van der Waals surface area contributed by atoms with Crippen molar-refractivity contribution in [1.82, 2.24) is 5.32 Å². The van der Waals surface area contributed by atoms with Gasteiger partial charge in [0.05, 0.1) is 13.2 Å². The van der Waals surface area contributed by atoms with Gasteiger partial charge in [0.1, 0.15) is 0 Å². The first-order valence-corrected chi connectivity index (χ1v) is 8.70. The number of methoxy groups -OCH3 is 1. The third kappa shape index (κ3) is 5.66. The number of carbonyl (C=O) groups excluding carboxylic acids is 1. The number of rotatable bonds is 8. The Morgan fingerprint density at radius 1 is 1.24 bits per heavy atom. The number of carboxylic acid groups (broad SMARTS) is 1. The van der Waals surface area contributed by atoms with Crippen molar-refractivity contribution in [3.05, 3.63) is 23.8 Å². The molecule has 0 aromatic heterocycles. The topological polar surface area (TPSA) is 84.9 Å².